The summed E-state index contributed by atoms with van der Waals surface area (Å²) in [5.41, 5.74) is 0.365. The molecule has 1 aromatic heterocycles. The molecule has 0 atom stereocenters. The van der Waals surface area contributed by atoms with Gasteiger partial charge in [0.2, 0.25) is 5.91 Å². The lowest BCUT2D eigenvalue weighted by atomic mass is 10.4. The van der Waals surface area contributed by atoms with Gasteiger partial charge >= 0.3 is 0 Å². The molecule has 1 aliphatic rings. The summed E-state index contributed by atoms with van der Waals surface area (Å²) in [4.78, 5) is 27.8. The van der Waals surface area contributed by atoms with Gasteiger partial charge in [0.05, 0.1) is 6.33 Å². The highest BCUT2D eigenvalue weighted by Crippen LogP contribution is 2.08. The SMILES string of the molecule is O=Cc1cn(CC(=O)N2CCCC2)cn1. The van der Waals surface area contributed by atoms with Crippen LogP contribution < -0.4 is 0 Å². The molecule has 0 saturated carbocycles. The quantitative estimate of drug-likeness (QED) is 0.671. The molecule has 15 heavy (non-hydrogen) atoms. The Balaban J connectivity index is 1.95. The minimum absolute atomic E-state index is 0.0994. The number of hydrogen-bond donors (Lipinski definition) is 0. The second-order valence-electron chi connectivity index (χ2n) is 3.68. The number of nitrogens with zero attached hydrogens (tertiary/aromatic N) is 3. The zero-order chi connectivity index (χ0) is 10.7. The van der Waals surface area contributed by atoms with Gasteiger partial charge in [0, 0.05) is 19.3 Å². The molecule has 0 aliphatic carbocycles. The highest BCUT2D eigenvalue weighted by Gasteiger charge is 2.17. The molecule has 2 rings (SSSR count). The fourth-order valence-electron chi connectivity index (χ4n) is 1.75. The topological polar surface area (TPSA) is 55.2 Å². The van der Waals surface area contributed by atoms with Gasteiger partial charge in [0.25, 0.3) is 0 Å². The van der Waals surface area contributed by atoms with Crippen molar-refractivity contribution in [3.05, 3.63) is 18.2 Å². The van der Waals surface area contributed by atoms with E-state index in [9.17, 15) is 9.59 Å². The molecule has 1 amide bonds. The minimum atomic E-state index is 0.0994. The zero-order valence-electron chi connectivity index (χ0n) is 8.43. The molecule has 1 saturated heterocycles. The van der Waals surface area contributed by atoms with E-state index in [0.29, 0.717) is 12.0 Å². The number of amides is 1. The van der Waals surface area contributed by atoms with Crippen LogP contribution in [0.1, 0.15) is 23.3 Å². The minimum Gasteiger partial charge on any atom is -0.341 e. The van der Waals surface area contributed by atoms with E-state index in [4.69, 9.17) is 0 Å². The maximum Gasteiger partial charge on any atom is 0.242 e. The molecular formula is C10H13N3O2. The van der Waals surface area contributed by atoms with Crippen LogP contribution in [0.2, 0.25) is 0 Å². The Hall–Kier alpha value is -1.65. The van der Waals surface area contributed by atoms with E-state index in [1.54, 1.807) is 10.8 Å². The third-order valence-electron chi connectivity index (χ3n) is 2.55. The smallest absolute Gasteiger partial charge is 0.242 e. The Morgan fingerprint density at radius 1 is 1.47 bits per heavy atom. The summed E-state index contributed by atoms with van der Waals surface area (Å²) in [5, 5.41) is 0. The second kappa shape index (κ2) is 4.25. The Morgan fingerprint density at radius 2 is 2.20 bits per heavy atom. The molecule has 0 bridgehead atoms. The summed E-state index contributed by atoms with van der Waals surface area (Å²) in [6, 6.07) is 0. The molecule has 0 aromatic carbocycles. The summed E-state index contributed by atoms with van der Waals surface area (Å²) >= 11 is 0. The molecule has 1 aliphatic heterocycles. The van der Waals surface area contributed by atoms with Gasteiger partial charge in [-0.3, -0.25) is 9.59 Å². The van der Waals surface area contributed by atoms with Gasteiger partial charge in [-0.25, -0.2) is 4.98 Å². The summed E-state index contributed by atoms with van der Waals surface area (Å²) < 4.78 is 1.64. The molecule has 80 valence electrons. The largest absolute Gasteiger partial charge is 0.341 e. The van der Waals surface area contributed by atoms with Crippen molar-refractivity contribution >= 4 is 12.2 Å². The van der Waals surface area contributed by atoms with Crippen molar-refractivity contribution in [2.45, 2.75) is 19.4 Å². The molecule has 0 radical (unpaired) electrons. The first-order chi connectivity index (χ1) is 7.29. The van der Waals surface area contributed by atoms with Crippen LogP contribution in [0.3, 0.4) is 0 Å². The van der Waals surface area contributed by atoms with Gasteiger partial charge in [0.1, 0.15) is 12.2 Å². The van der Waals surface area contributed by atoms with Crippen LogP contribution in [-0.4, -0.2) is 39.7 Å². The number of aromatic nitrogens is 2. The van der Waals surface area contributed by atoms with Gasteiger partial charge in [-0.1, -0.05) is 0 Å². The molecule has 1 aromatic rings. The van der Waals surface area contributed by atoms with Crippen LogP contribution in [0.25, 0.3) is 0 Å². The van der Waals surface area contributed by atoms with Crippen LogP contribution in [0.5, 0.6) is 0 Å². The lowest BCUT2D eigenvalue weighted by molar-refractivity contribution is -0.130. The van der Waals surface area contributed by atoms with Gasteiger partial charge < -0.3 is 9.47 Å². The number of carbonyl (C=O) groups excluding carboxylic acids is 2. The third-order valence-corrected chi connectivity index (χ3v) is 2.55. The van der Waals surface area contributed by atoms with Crippen molar-refractivity contribution in [2.24, 2.45) is 0 Å². The van der Waals surface area contributed by atoms with Crippen molar-refractivity contribution in [2.75, 3.05) is 13.1 Å². The Kier molecular flexibility index (Phi) is 2.80. The molecule has 5 nitrogen and oxygen atoms in total. The summed E-state index contributed by atoms with van der Waals surface area (Å²) in [5.74, 6) is 0.0994. The second-order valence-corrected chi connectivity index (χ2v) is 3.68. The number of imidazole rings is 1. The van der Waals surface area contributed by atoms with Crippen LogP contribution in [0.4, 0.5) is 0 Å². The highest BCUT2D eigenvalue weighted by atomic mass is 16.2. The lowest BCUT2D eigenvalue weighted by Gasteiger charge is -2.14. The van der Waals surface area contributed by atoms with Crippen molar-refractivity contribution in [1.29, 1.82) is 0 Å². The van der Waals surface area contributed by atoms with Gasteiger partial charge in [-0.05, 0) is 12.8 Å². The molecule has 2 heterocycles. The van der Waals surface area contributed by atoms with E-state index in [-0.39, 0.29) is 12.5 Å². The number of carbonyl (C=O) groups is 2. The molecular weight excluding hydrogens is 194 g/mol. The highest BCUT2D eigenvalue weighted by molar-refractivity contribution is 5.76. The fourth-order valence-corrected chi connectivity index (χ4v) is 1.75. The summed E-state index contributed by atoms with van der Waals surface area (Å²) in [6.07, 6.45) is 5.96. The zero-order valence-corrected chi connectivity index (χ0v) is 8.43. The Morgan fingerprint density at radius 3 is 2.80 bits per heavy atom. The number of aldehydes is 1. The van der Waals surface area contributed by atoms with Crippen LogP contribution in [-0.2, 0) is 11.3 Å². The van der Waals surface area contributed by atoms with Crippen molar-refractivity contribution in [3.8, 4) is 0 Å². The first kappa shape index (κ1) is 9.89. The van der Waals surface area contributed by atoms with Crippen molar-refractivity contribution in [3.63, 3.8) is 0 Å². The first-order valence-corrected chi connectivity index (χ1v) is 5.04. The number of hydrogen-bond acceptors (Lipinski definition) is 3. The molecule has 0 N–H and O–H groups in total. The van der Waals surface area contributed by atoms with Crippen molar-refractivity contribution in [1.82, 2.24) is 14.5 Å². The van der Waals surface area contributed by atoms with Gasteiger partial charge in [-0.15, -0.1) is 0 Å². The van der Waals surface area contributed by atoms with E-state index in [1.807, 2.05) is 4.90 Å². The fraction of sp³-hybridized carbons (Fsp3) is 0.500. The molecule has 0 spiro atoms. The standard InChI is InChI=1S/C10H13N3O2/c14-7-9-5-12(8-11-9)6-10(15)13-3-1-2-4-13/h5,7-8H,1-4,6H2. The maximum atomic E-state index is 11.7. The molecule has 5 heteroatoms. The van der Waals surface area contributed by atoms with Gasteiger partial charge in [0.15, 0.2) is 6.29 Å². The average Bonchev–Trinajstić information content (AvgIpc) is 2.87. The van der Waals surface area contributed by atoms with E-state index >= 15 is 0 Å². The monoisotopic (exact) mass is 207 g/mol. The molecule has 1 fully saturated rings. The lowest BCUT2D eigenvalue weighted by Crippen LogP contribution is -2.30. The normalized spacial score (nSPS) is 15.6. The Bertz CT molecular complexity index is 366. The van der Waals surface area contributed by atoms with E-state index in [1.165, 1.54) is 6.33 Å². The van der Waals surface area contributed by atoms with E-state index in [2.05, 4.69) is 4.98 Å². The Labute approximate surface area is 87.7 Å². The van der Waals surface area contributed by atoms with E-state index in [0.717, 1.165) is 25.9 Å². The first-order valence-electron chi connectivity index (χ1n) is 5.04. The number of likely N-dealkylation sites (tertiary alicyclic amines) is 1. The van der Waals surface area contributed by atoms with Crippen LogP contribution in [0.15, 0.2) is 12.5 Å². The predicted molar refractivity (Wildman–Crippen MR) is 53.4 cm³/mol. The number of rotatable bonds is 3. The van der Waals surface area contributed by atoms with E-state index < -0.39 is 0 Å². The van der Waals surface area contributed by atoms with Crippen molar-refractivity contribution < 1.29 is 9.59 Å². The summed E-state index contributed by atoms with van der Waals surface area (Å²) in [7, 11) is 0. The molecule has 0 unspecified atom stereocenters. The summed E-state index contributed by atoms with van der Waals surface area (Å²) in [6.45, 7) is 1.99. The van der Waals surface area contributed by atoms with Gasteiger partial charge in [-0.2, -0.15) is 0 Å². The van der Waals surface area contributed by atoms with Crippen LogP contribution in [0, 0.1) is 0 Å². The maximum absolute atomic E-state index is 11.7. The third kappa shape index (κ3) is 2.23. The predicted octanol–water partition coefficient (Wildman–Crippen LogP) is 0.318. The average molecular weight is 207 g/mol. The van der Waals surface area contributed by atoms with Crippen LogP contribution >= 0.6 is 0 Å².